The number of thiophene rings is 1. The van der Waals surface area contributed by atoms with Gasteiger partial charge < -0.3 is 9.72 Å². The number of ether oxygens (including phenoxy) is 1. The minimum absolute atomic E-state index is 0.243. The van der Waals surface area contributed by atoms with Crippen LogP contribution in [0.4, 0.5) is 5.00 Å². The van der Waals surface area contributed by atoms with Crippen LogP contribution in [0.25, 0.3) is 10.9 Å². The number of para-hydroxylation sites is 1. The fraction of sp³-hybridized carbons (Fsp3) is 0.300. The molecule has 0 saturated carbocycles. The van der Waals surface area contributed by atoms with E-state index in [-0.39, 0.29) is 5.97 Å². The number of esters is 1. The maximum absolute atomic E-state index is 12.5. The van der Waals surface area contributed by atoms with Gasteiger partial charge in [0.05, 0.1) is 12.2 Å². The fourth-order valence-corrected chi connectivity index (χ4v) is 4.61. The normalized spacial score (nSPS) is 14.1. The van der Waals surface area contributed by atoms with E-state index in [1.807, 2.05) is 37.5 Å². The number of aromatic nitrogens is 1. The van der Waals surface area contributed by atoms with Gasteiger partial charge in [-0.1, -0.05) is 18.2 Å². The van der Waals surface area contributed by atoms with E-state index in [9.17, 15) is 4.79 Å². The molecule has 25 heavy (non-hydrogen) atoms. The predicted molar refractivity (Wildman–Crippen MR) is 102 cm³/mol. The van der Waals surface area contributed by atoms with Crippen LogP contribution in [-0.4, -0.2) is 23.8 Å². The first-order valence-corrected chi connectivity index (χ1v) is 9.51. The molecule has 1 N–H and O–H groups in total. The lowest BCUT2D eigenvalue weighted by atomic mass is 9.95. The summed E-state index contributed by atoms with van der Waals surface area (Å²) in [6.07, 6.45) is 8.09. The molecule has 1 aromatic carbocycles. The van der Waals surface area contributed by atoms with Crippen molar-refractivity contribution in [2.24, 2.45) is 4.99 Å². The molecule has 1 aliphatic rings. The van der Waals surface area contributed by atoms with Gasteiger partial charge in [0.1, 0.15) is 5.00 Å². The number of carbonyl (C=O) groups is 1. The molecule has 0 unspecified atom stereocenters. The van der Waals surface area contributed by atoms with E-state index in [4.69, 9.17) is 4.74 Å². The van der Waals surface area contributed by atoms with E-state index in [0.717, 1.165) is 46.3 Å². The molecule has 0 fully saturated rings. The zero-order valence-corrected chi connectivity index (χ0v) is 15.0. The minimum Gasteiger partial charge on any atom is -0.462 e. The number of fused-ring (bicyclic) bond motifs is 2. The lowest BCUT2D eigenvalue weighted by Crippen LogP contribution is -2.09. The Bertz CT molecular complexity index is 952. The number of aryl methyl sites for hydroxylation is 1. The summed E-state index contributed by atoms with van der Waals surface area (Å²) in [6.45, 7) is 2.22. The van der Waals surface area contributed by atoms with E-state index in [1.165, 1.54) is 11.3 Å². The molecule has 4 rings (SSSR count). The van der Waals surface area contributed by atoms with Crippen LogP contribution in [-0.2, 0) is 17.6 Å². The van der Waals surface area contributed by atoms with Gasteiger partial charge in [-0.3, -0.25) is 0 Å². The lowest BCUT2D eigenvalue weighted by molar-refractivity contribution is 0.0526. The number of hydrogen-bond acceptors (Lipinski definition) is 4. The monoisotopic (exact) mass is 352 g/mol. The van der Waals surface area contributed by atoms with Crippen LogP contribution >= 0.6 is 11.3 Å². The van der Waals surface area contributed by atoms with Gasteiger partial charge in [-0.15, -0.1) is 11.3 Å². The minimum atomic E-state index is -0.243. The molecule has 0 amide bonds. The Kier molecular flexibility index (Phi) is 4.40. The molecule has 5 heteroatoms. The Hall–Kier alpha value is -2.40. The first-order valence-electron chi connectivity index (χ1n) is 8.69. The summed E-state index contributed by atoms with van der Waals surface area (Å²) in [4.78, 5) is 21.7. The molecule has 128 valence electrons. The molecule has 0 aliphatic heterocycles. The predicted octanol–water partition coefficient (Wildman–Crippen LogP) is 5.04. The van der Waals surface area contributed by atoms with Gasteiger partial charge in [0.2, 0.25) is 0 Å². The number of hydrogen-bond donors (Lipinski definition) is 1. The molecule has 0 saturated heterocycles. The van der Waals surface area contributed by atoms with Gasteiger partial charge >= 0.3 is 5.97 Å². The number of aliphatic imine (C=N–C) groups is 1. The highest BCUT2D eigenvalue weighted by atomic mass is 32.1. The third-order valence-electron chi connectivity index (χ3n) is 4.57. The van der Waals surface area contributed by atoms with Gasteiger partial charge in [-0.05, 0) is 44.2 Å². The van der Waals surface area contributed by atoms with E-state index < -0.39 is 0 Å². The molecule has 0 atom stereocenters. The summed E-state index contributed by atoms with van der Waals surface area (Å²) < 4.78 is 5.29. The van der Waals surface area contributed by atoms with Crippen molar-refractivity contribution in [3.8, 4) is 0 Å². The Morgan fingerprint density at radius 3 is 3.04 bits per heavy atom. The van der Waals surface area contributed by atoms with Crippen molar-refractivity contribution in [2.75, 3.05) is 6.61 Å². The molecule has 2 heterocycles. The van der Waals surface area contributed by atoms with Gasteiger partial charge in [-0.2, -0.15) is 0 Å². The standard InChI is InChI=1S/C20H20N2O2S/c1-2-24-20(23)18-15-8-4-6-10-17(15)25-19(18)22-12-13-11-21-16-9-5-3-7-14(13)16/h3,5,7,9,11-12,21H,2,4,6,8,10H2,1H3/b22-12+. The average molecular weight is 352 g/mol. The fourth-order valence-electron chi connectivity index (χ4n) is 3.39. The van der Waals surface area contributed by atoms with E-state index in [2.05, 4.69) is 16.0 Å². The largest absolute Gasteiger partial charge is 0.462 e. The summed E-state index contributed by atoms with van der Waals surface area (Å²) in [6, 6.07) is 8.13. The molecule has 0 spiro atoms. The van der Waals surface area contributed by atoms with Crippen molar-refractivity contribution in [1.82, 2.24) is 4.98 Å². The number of aromatic amines is 1. The first-order chi connectivity index (χ1) is 12.3. The summed E-state index contributed by atoms with van der Waals surface area (Å²) in [7, 11) is 0. The highest BCUT2D eigenvalue weighted by molar-refractivity contribution is 7.16. The smallest absolute Gasteiger partial charge is 0.341 e. The molecular formula is C20H20N2O2S. The maximum atomic E-state index is 12.5. The Labute approximate surface area is 150 Å². The third kappa shape index (κ3) is 3.00. The van der Waals surface area contributed by atoms with Crippen LogP contribution < -0.4 is 0 Å². The van der Waals surface area contributed by atoms with Crippen molar-refractivity contribution < 1.29 is 9.53 Å². The Morgan fingerprint density at radius 2 is 2.16 bits per heavy atom. The van der Waals surface area contributed by atoms with E-state index in [1.54, 1.807) is 11.3 Å². The van der Waals surface area contributed by atoms with Crippen molar-refractivity contribution in [1.29, 1.82) is 0 Å². The second-order valence-corrected chi connectivity index (χ2v) is 7.24. The summed E-state index contributed by atoms with van der Waals surface area (Å²) in [5, 5.41) is 1.90. The van der Waals surface area contributed by atoms with Crippen LogP contribution in [0.2, 0.25) is 0 Å². The highest BCUT2D eigenvalue weighted by Crippen LogP contribution is 2.40. The number of benzene rings is 1. The van der Waals surface area contributed by atoms with Crippen LogP contribution in [0.3, 0.4) is 0 Å². The van der Waals surface area contributed by atoms with Gasteiger partial charge in [0, 0.05) is 33.8 Å². The number of nitrogens with one attached hydrogen (secondary N) is 1. The first kappa shape index (κ1) is 16.1. The van der Waals surface area contributed by atoms with Crippen LogP contribution in [0, 0.1) is 0 Å². The van der Waals surface area contributed by atoms with Crippen LogP contribution in [0.15, 0.2) is 35.5 Å². The number of nitrogens with zero attached hydrogens (tertiary/aromatic N) is 1. The molecule has 3 aromatic rings. The van der Waals surface area contributed by atoms with E-state index in [0.29, 0.717) is 12.2 Å². The molecule has 2 aromatic heterocycles. The summed E-state index contributed by atoms with van der Waals surface area (Å²) >= 11 is 1.63. The molecule has 1 aliphatic carbocycles. The third-order valence-corrected chi connectivity index (χ3v) is 5.77. The zero-order valence-electron chi connectivity index (χ0n) is 14.2. The van der Waals surface area contributed by atoms with Crippen molar-refractivity contribution >= 4 is 39.4 Å². The second-order valence-electron chi connectivity index (χ2n) is 6.16. The second kappa shape index (κ2) is 6.84. The Morgan fingerprint density at radius 1 is 1.32 bits per heavy atom. The number of rotatable bonds is 4. The summed E-state index contributed by atoms with van der Waals surface area (Å²) in [5.41, 5.74) is 3.94. The highest BCUT2D eigenvalue weighted by Gasteiger charge is 2.26. The molecular weight excluding hydrogens is 332 g/mol. The summed E-state index contributed by atoms with van der Waals surface area (Å²) in [5.74, 6) is -0.243. The number of H-pyrrole nitrogens is 1. The topological polar surface area (TPSA) is 54.4 Å². The van der Waals surface area contributed by atoms with Gasteiger partial charge in [-0.25, -0.2) is 9.79 Å². The SMILES string of the molecule is CCOC(=O)c1c(/N=C/c2c[nH]c3ccccc23)sc2c1CCCC2. The van der Waals surface area contributed by atoms with Crippen LogP contribution in [0.5, 0.6) is 0 Å². The Balaban J connectivity index is 1.74. The quantitative estimate of drug-likeness (QED) is 0.528. The van der Waals surface area contributed by atoms with E-state index >= 15 is 0 Å². The zero-order chi connectivity index (χ0) is 17.2. The van der Waals surface area contributed by atoms with Crippen molar-refractivity contribution in [2.45, 2.75) is 32.6 Å². The van der Waals surface area contributed by atoms with Crippen molar-refractivity contribution in [3.63, 3.8) is 0 Å². The van der Waals surface area contributed by atoms with Crippen LogP contribution in [0.1, 0.15) is 46.1 Å². The average Bonchev–Trinajstić information content (AvgIpc) is 3.21. The van der Waals surface area contributed by atoms with Crippen molar-refractivity contribution in [3.05, 3.63) is 52.0 Å². The maximum Gasteiger partial charge on any atom is 0.341 e. The van der Waals surface area contributed by atoms with Gasteiger partial charge in [0.25, 0.3) is 0 Å². The molecule has 0 radical (unpaired) electrons. The molecule has 4 nitrogen and oxygen atoms in total. The van der Waals surface area contributed by atoms with Gasteiger partial charge in [0.15, 0.2) is 0 Å². The number of carbonyl (C=O) groups excluding carboxylic acids is 1. The molecule has 0 bridgehead atoms. The lowest BCUT2D eigenvalue weighted by Gasteiger charge is -2.11.